The van der Waals surface area contributed by atoms with Crippen molar-refractivity contribution in [1.82, 2.24) is 0 Å². The number of rotatable bonds is 6. The minimum absolute atomic E-state index is 0.236. The quantitative estimate of drug-likeness (QED) is 0.652. The van der Waals surface area contributed by atoms with Crippen LogP contribution in [0.25, 0.3) is 0 Å². The molecule has 1 heterocycles. The highest BCUT2D eigenvalue weighted by Gasteiger charge is 2.52. The second kappa shape index (κ2) is 7.51. The predicted molar refractivity (Wildman–Crippen MR) is 73.8 cm³/mol. The van der Waals surface area contributed by atoms with Gasteiger partial charge < -0.3 is 29.2 Å². The molecule has 7 nitrogen and oxygen atoms in total. The Labute approximate surface area is 125 Å². The molecule has 0 aliphatic carbocycles. The van der Waals surface area contributed by atoms with E-state index in [1.54, 1.807) is 28.1 Å². The molecule has 2 N–H and O–H groups in total. The summed E-state index contributed by atoms with van der Waals surface area (Å²) in [5, 5.41) is 20.4. The van der Waals surface area contributed by atoms with Crippen LogP contribution in [0, 0.1) is 5.41 Å². The Morgan fingerprint density at radius 2 is 1.90 bits per heavy atom. The highest BCUT2D eigenvalue weighted by atomic mass is 16.6. The highest BCUT2D eigenvalue weighted by molar-refractivity contribution is 5.75. The molecule has 1 aliphatic heterocycles. The van der Waals surface area contributed by atoms with E-state index in [0.717, 1.165) is 0 Å². The molecular weight excluding hydrogens is 280 g/mol. The molecule has 21 heavy (non-hydrogen) atoms. The normalized spacial score (nSPS) is 33.5. The summed E-state index contributed by atoms with van der Waals surface area (Å²) >= 11 is 0. The van der Waals surface area contributed by atoms with E-state index in [4.69, 9.17) is 14.2 Å². The van der Waals surface area contributed by atoms with E-state index in [1.807, 2.05) is 0 Å². The summed E-state index contributed by atoms with van der Waals surface area (Å²) in [4.78, 5) is 11.7. The van der Waals surface area contributed by atoms with Crippen molar-refractivity contribution in [2.45, 2.75) is 50.8 Å². The summed E-state index contributed by atoms with van der Waals surface area (Å²) in [7, 11) is 4.33. The van der Waals surface area contributed by atoms with Gasteiger partial charge in [-0.05, 0) is 0 Å². The lowest BCUT2D eigenvalue weighted by Gasteiger charge is -2.48. The van der Waals surface area contributed by atoms with Crippen LogP contribution < -0.4 is 0 Å². The molecule has 0 aromatic rings. The second-order valence-electron chi connectivity index (χ2n) is 5.87. The Bertz CT molecular complexity index is 344. The molecule has 0 aromatic heterocycles. The fourth-order valence-electron chi connectivity index (χ4n) is 2.56. The maximum absolute atomic E-state index is 11.7. The molecular formula is C14H26O7. The number of hydrogen-bond donors (Lipinski definition) is 2. The van der Waals surface area contributed by atoms with Gasteiger partial charge in [0, 0.05) is 26.1 Å². The average molecular weight is 306 g/mol. The lowest BCUT2D eigenvalue weighted by atomic mass is 9.73. The van der Waals surface area contributed by atoms with E-state index in [9.17, 15) is 15.0 Å². The van der Waals surface area contributed by atoms with Crippen molar-refractivity contribution in [3.05, 3.63) is 0 Å². The van der Waals surface area contributed by atoms with Crippen LogP contribution >= 0.6 is 0 Å². The summed E-state index contributed by atoms with van der Waals surface area (Å²) in [5.74, 6) is -0.706. The summed E-state index contributed by atoms with van der Waals surface area (Å²) in [5.41, 5.74) is -0.742. The van der Waals surface area contributed by atoms with Gasteiger partial charge in [0.25, 0.3) is 0 Å². The van der Waals surface area contributed by atoms with Crippen LogP contribution in [0.3, 0.4) is 0 Å². The first kappa shape index (κ1) is 18.3. The number of carbonyl (C=O) groups is 1. The van der Waals surface area contributed by atoms with Crippen LogP contribution in [-0.2, 0) is 23.7 Å². The van der Waals surface area contributed by atoms with Gasteiger partial charge in [-0.25, -0.2) is 4.79 Å². The number of aliphatic hydroxyl groups excluding tert-OH is 2. The number of esters is 1. The van der Waals surface area contributed by atoms with E-state index in [1.165, 1.54) is 7.11 Å². The summed E-state index contributed by atoms with van der Waals surface area (Å²) in [6.07, 6.45) is -3.94. The number of methoxy groups -OCH3 is 3. The fraction of sp³-hybridized carbons (Fsp3) is 0.929. The molecule has 0 radical (unpaired) electrons. The van der Waals surface area contributed by atoms with Crippen LogP contribution in [0.1, 0.15) is 20.3 Å². The lowest BCUT2D eigenvalue weighted by molar-refractivity contribution is -0.241. The van der Waals surface area contributed by atoms with E-state index < -0.39 is 35.8 Å². The van der Waals surface area contributed by atoms with Gasteiger partial charge in [0.05, 0.1) is 32.0 Å². The average Bonchev–Trinajstić information content (AvgIpc) is 2.46. The maximum Gasteiger partial charge on any atom is 0.337 e. The van der Waals surface area contributed by atoms with Gasteiger partial charge in [0.1, 0.15) is 6.10 Å². The number of aliphatic hydroxyl groups is 2. The van der Waals surface area contributed by atoms with Crippen molar-refractivity contribution in [3.8, 4) is 0 Å². The smallest absolute Gasteiger partial charge is 0.337 e. The molecule has 0 saturated carbocycles. The zero-order valence-corrected chi connectivity index (χ0v) is 13.2. The minimum atomic E-state index is -1.33. The number of carbonyl (C=O) groups excluding carboxylic acids is 1. The first-order chi connectivity index (χ1) is 9.79. The number of hydrogen-bond acceptors (Lipinski definition) is 7. The third kappa shape index (κ3) is 3.92. The molecule has 7 heteroatoms. The van der Waals surface area contributed by atoms with Crippen LogP contribution in [0.5, 0.6) is 0 Å². The molecule has 1 rings (SSSR count). The monoisotopic (exact) mass is 306 g/mol. The molecule has 0 amide bonds. The van der Waals surface area contributed by atoms with Gasteiger partial charge in [-0.1, -0.05) is 13.8 Å². The fourth-order valence-corrected chi connectivity index (χ4v) is 2.56. The third-order valence-electron chi connectivity index (χ3n) is 4.13. The van der Waals surface area contributed by atoms with Gasteiger partial charge >= 0.3 is 5.97 Å². The molecule has 1 saturated heterocycles. The van der Waals surface area contributed by atoms with Gasteiger partial charge in [-0.15, -0.1) is 0 Å². The van der Waals surface area contributed by atoms with E-state index in [-0.39, 0.29) is 6.10 Å². The standard InChI is InChI=1S/C14H26O7/c1-14(2)9(6-8(19-4)7-18-3)21-11(13(17)20-5)10(15)12(14)16/h8-12,15-16H,6-7H2,1-5H3/t8-,9-,10+,11+,12+/m1/s1. The summed E-state index contributed by atoms with van der Waals surface area (Å²) in [6.45, 7) is 3.92. The Hall–Kier alpha value is -0.730. The topological polar surface area (TPSA) is 94.5 Å². The number of ether oxygens (including phenoxy) is 4. The summed E-state index contributed by atoms with van der Waals surface area (Å²) < 4.78 is 20.7. The van der Waals surface area contributed by atoms with Crippen LogP contribution in [0.15, 0.2) is 0 Å². The SMILES string of the molecule is COC[C@@H](C[C@H]1O[C@H](C(=O)OC)[C@H](O)[C@H](O)C1(C)C)OC. The van der Waals surface area contributed by atoms with Crippen molar-refractivity contribution in [3.63, 3.8) is 0 Å². The molecule has 0 aromatic carbocycles. The second-order valence-corrected chi connectivity index (χ2v) is 5.87. The van der Waals surface area contributed by atoms with Crippen molar-refractivity contribution < 1.29 is 34.0 Å². The Morgan fingerprint density at radius 1 is 1.29 bits per heavy atom. The Kier molecular flexibility index (Phi) is 6.55. The van der Waals surface area contributed by atoms with Crippen LogP contribution in [-0.4, -0.2) is 74.6 Å². The van der Waals surface area contributed by atoms with E-state index in [2.05, 4.69) is 4.74 Å². The minimum Gasteiger partial charge on any atom is -0.467 e. The zero-order valence-electron chi connectivity index (χ0n) is 13.2. The van der Waals surface area contributed by atoms with E-state index >= 15 is 0 Å². The van der Waals surface area contributed by atoms with Crippen molar-refractivity contribution in [2.24, 2.45) is 5.41 Å². The lowest BCUT2D eigenvalue weighted by Crippen LogP contribution is -2.61. The van der Waals surface area contributed by atoms with Gasteiger partial charge in [-0.2, -0.15) is 0 Å². The molecule has 1 fully saturated rings. The molecule has 0 bridgehead atoms. The van der Waals surface area contributed by atoms with Crippen molar-refractivity contribution in [1.29, 1.82) is 0 Å². The van der Waals surface area contributed by atoms with Gasteiger partial charge in [-0.3, -0.25) is 0 Å². The third-order valence-corrected chi connectivity index (χ3v) is 4.13. The Morgan fingerprint density at radius 3 is 2.38 bits per heavy atom. The molecule has 0 unspecified atom stereocenters. The maximum atomic E-state index is 11.7. The molecule has 1 aliphatic rings. The Balaban J connectivity index is 2.91. The van der Waals surface area contributed by atoms with Crippen LogP contribution in [0.2, 0.25) is 0 Å². The van der Waals surface area contributed by atoms with E-state index in [0.29, 0.717) is 13.0 Å². The zero-order chi connectivity index (χ0) is 16.2. The van der Waals surface area contributed by atoms with Crippen LogP contribution in [0.4, 0.5) is 0 Å². The largest absolute Gasteiger partial charge is 0.467 e. The van der Waals surface area contributed by atoms with Crippen molar-refractivity contribution >= 4 is 5.97 Å². The van der Waals surface area contributed by atoms with Crippen molar-refractivity contribution in [2.75, 3.05) is 27.9 Å². The summed E-state index contributed by atoms with van der Waals surface area (Å²) in [6, 6.07) is 0. The first-order valence-electron chi connectivity index (χ1n) is 6.90. The van der Waals surface area contributed by atoms with Gasteiger partial charge in [0.2, 0.25) is 0 Å². The predicted octanol–water partition coefficient (Wildman–Crippen LogP) is -0.274. The first-order valence-corrected chi connectivity index (χ1v) is 6.90. The van der Waals surface area contributed by atoms with Gasteiger partial charge in [0.15, 0.2) is 6.10 Å². The molecule has 5 atom stereocenters. The molecule has 0 spiro atoms. The molecule has 124 valence electrons. The highest BCUT2D eigenvalue weighted by Crippen LogP contribution is 2.39.